The Morgan fingerprint density at radius 3 is 2.35 bits per heavy atom. The van der Waals surface area contributed by atoms with Crippen LogP contribution in [0.2, 0.25) is 0 Å². The Balaban J connectivity index is 1.32. The molecule has 2 heteroatoms. The van der Waals surface area contributed by atoms with Crippen LogP contribution in [0.1, 0.15) is 125 Å². The molecule has 0 spiro atoms. The van der Waals surface area contributed by atoms with Crippen molar-refractivity contribution in [1.82, 2.24) is 5.32 Å². The van der Waals surface area contributed by atoms with E-state index in [1.807, 2.05) is 0 Å². The van der Waals surface area contributed by atoms with E-state index in [1.165, 1.54) is 64.2 Å². The van der Waals surface area contributed by atoms with Crippen LogP contribution >= 0.6 is 0 Å². The zero-order valence-electron chi connectivity index (χ0n) is 25.0. The summed E-state index contributed by atoms with van der Waals surface area (Å²) in [6, 6.07) is 0. The molecule has 6 aliphatic carbocycles. The van der Waals surface area contributed by atoms with E-state index >= 15 is 0 Å². The molecule has 0 aromatic rings. The first-order valence-electron chi connectivity index (χ1n) is 16.3. The lowest BCUT2D eigenvalue weighted by Gasteiger charge is -2.72. The van der Waals surface area contributed by atoms with Crippen LogP contribution in [0.5, 0.6) is 0 Å². The van der Waals surface area contributed by atoms with E-state index in [2.05, 4.69) is 59.0 Å². The molecule has 6 aliphatic rings. The number of allylic oxidation sites excluding steroid dienone is 4. The highest BCUT2D eigenvalue weighted by Gasteiger charge is 2.69. The quantitative estimate of drug-likeness (QED) is 0.398. The summed E-state index contributed by atoms with van der Waals surface area (Å²) in [7, 11) is 0. The second-order valence-electron chi connectivity index (χ2n) is 15.9. The van der Waals surface area contributed by atoms with Crippen LogP contribution in [0.15, 0.2) is 23.3 Å². The number of rotatable bonds is 4. The van der Waals surface area contributed by atoms with E-state index in [0.717, 1.165) is 49.5 Å². The highest BCUT2D eigenvalue weighted by molar-refractivity contribution is 5.41. The lowest BCUT2D eigenvalue weighted by Crippen LogP contribution is -2.67. The molecule has 0 aliphatic heterocycles. The molecule has 0 saturated heterocycles. The Labute approximate surface area is 227 Å². The van der Waals surface area contributed by atoms with Crippen molar-refractivity contribution in [3.05, 3.63) is 23.3 Å². The maximum atomic E-state index is 13.3. The minimum atomic E-state index is -0.149. The molecule has 0 aromatic heterocycles. The van der Waals surface area contributed by atoms with Gasteiger partial charge in [-0.3, -0.25) is 4.39 Å². The van der Waals surface area contributed by atoms with Crippen LogP contribution in [0.4, 0.5) is 4.39 Å². The van der Waals surface area contributed by atoms with Gasteiger partial charge in [0, 0.05) is 5.54 Å². The standard InChI is InChI=1S/C35H56FN/c1-7-37-35-18-8-9-28(35)27-14-15-30-32(4)19-16-26(25-12-10-24(23-36)11-13-25)31(2,3)29(32)17-20-34(30,6)33(27,5)21-22-35/h12,16,24,27-30,37H,7-11,13-15,17-23H2,1-6H3/t24?,27?,28?,29?,30?,32?,33-,34?,35?/m1/s1. The first kappa shape index (κ1) is 26.6. The zero-order chi connectivity index (χ0) is 26.3. The predicted molar refractivity (Wildman–Crippen MR) is 154 cm³/mol. The second-order valence-corrected chi connectivity index (χ2v) is 15.9. The number of nitrogens with one attached hydrogen (secondary N) is 1. The fraction of sp³-hybridized carbons (Fsp3) is 0.886. The smallest absolute Gasteiger partial charge is 0.0925 e. The van der Waals surface area contributed by atoms with Crippen molar-refractivity contribution in [2.75, 3.05) is 13.2 Å². The van der Waals surface area contributed by atoms with Gasteiger partial charge >= 0.3 is 0 Å². The number of halogens is 1. The van der Waals surface area contributed by atoms with E-state index in [1.54, 1.807) is 11.1 Å². The largest absolute Gasteiger partial charge is 0.311 e. The van der Waals surface area contributed by atoms with Gasteiger partial charge in [-0.2, -0.15) is 0 Å². The Morgan fingerprint density at radius 1 is 0.838 bits per heavy atom. The topological polar surface area (TPSA) is 12.0 Å². The summed E-state index contributed by atoms with van der Waals surface area (Å²) < 4.78 is 13.3. The van der Waals surface area contributed by atoms with E-state index < -0.39 is 0 Å². The van der Waals surface area contributed by atoms with Gasteiger partial charge in [0.15, 0.2) is 0 Å². The molecule has 8 unspecified atom stereocenters. The Kier molecular flexibility index (Phi) is 6.42. The first-order valence-corrected chi connectivity index (χ1v) is 16.3. The van der Waals surface area contributed by atoms with Gasteiger partial charge in [0.2, 0.25) is 0 Å². The molecule has 4 saturated carbocycles. The molecular weight excluding hydrogens is 453 g/mol. The van der Waals surface area contributed by atoms with Crippen molar-refractivity contribution in [2.45, 2.75) is 131 Å². The molecule has 208 valence electrons. The molecule has 0 heterocycles. The number of hydrogen-bond acceptors (Lipinski definition) is 1. The van der Waals surface area contributed by atoms with E-state index in [9.17, 15) is 4.39 Å². The maximum absolute atomic E-state index is 13.3. The van der Waals surface area contributed by atoms with Crippen molar-refractivity contribution < 1.29 is 4.39 Å². The van der Waals surface area contributed by atoms with Gasteiger partial charge in [-0.1, -0.05) is 60.1 Å². The molecular formula is C35H56FN. The van der Waals surface area contributed by atoms with Crippen LogP contribution < -0.4 is 5.32 Å². The monoisotopic (exact) mass is 509 g/mol. The summed E-state index contributed by atoms with van der Waals surface area (Å²) >= 11 is 0. The molecule has 6 rings (SSSR count). The summed E-state index contributed by atoms with van der Waals surface area (Å²) in [5.41, 5.74) is 5.21. The van der Waals surface area contributed by atoms with E-state index in [4.69, 9.17) is 0 Å². The van der Waals surface area contributed by atoms with Crippen LogP contribution in [-0.2, 0) is 0 Å². The Hall–Kier alpha value is -0.630. The van der Waals surface area contributed by atoms with Gasteiger partial charge in [0.05, 0.1) is 6.67 Å². The highest BCUT2D eigenvalue weighted by Crippen LogP contribution is 2.76. The van der Waals surface area contributed by atoms with Gasteiger partial charge < -0.3 is 5.32 Å². The molecule has 0 bridgehead atoms. The Bertz CT molecular complexity index is 962. The lowest BCUT2D eigenvalue weighted by molar-refractivity contribution is -0.218. The SMILES string of the molecule is CCNC12CCCC1C1CCC3C4(C)CC=C(C5=CCC(CF)CC5)C(C)(C)C4CCC3(C)[C@]1(C)CC2. The van der Waals surface area contributed by atoms with Gasteiger partial charge in [-0.25, -0.2) is 0 Å². The fourth-order valence-electron chi connectivity index (χ4n) is 12.7. The van der Waals surface area contributed by atoms with Crippen molar-refractivity contribution in [3.63, 3.8) is 0 Å². The van der Waals surface area contributed by atoms with Crippen molar-refractivity contribution in [2.24, 2.45) is 51.2 Å². The van der Waals surface area contributed by atoms with Crippen LogP contribution in [0, 0.1) is 51.2 Å². The third-order valence-electron chi connectivity index (χ3n) is 14.6. The predicted octanol–water partition coefficient (Wildman–Crippen LogP) is 9.44. The molecule has 1 nitrogen and oxygen atoms in total. The van der Waals surface area contributed by atoms with Crippen molar-refractivity contribution in [1.29, 1.82) is 0 Å². The van der Waals surface area contributed by atoms with Crippen LogP contribution in [-0.4, -0.2) is 18.8 Å². The molecule has 0 aromatic carbocycles. The van der Waals surface area contributed by atoms with Gasteiger partial charge in [0.1, 0.15) is 0 Å². The average molecular weight is 510 g/mol. The van der Waals surface area contributed by atoms with E-state index in [0.29, 0.717) is 21.8 Å². The third-order valence-corrected chi connectivity index (χ3v) is 14.6. The van der Waals surface area contributed by atoms with Crippen molar-refractivity contribution in [3.8, 4) is 0 Å². The van der Waals surface area contributed by atoms with Crippen LogP contribution in [0.3, 0.4) is 0 Å². The minimum absolute atomic E-state index is 0.149. The molecule has 37 heavy (non-hydrogen) atoms. The summed E-state index contributed by atoms with van der Waals surface area (Å²) in [4.78, 5) is 0. The summed E-state index contributed by atoms with van der Waals surface area (Å²) in [6.07, 6.45) is 22.3. The maximum Gasteiger partial charge on any atom is 0.0925 e. The summed E-state index contributed by atoms with van der Waals surface area (Å²) in [6.45, 7) is 16.7. The Morgan fingerprint density at radius 2 is 1.65 bits per heavy atom. The first-order chi connectivity index (χ1) is 17.6. The van der Waals surface area contributed by atoms with Gasteiger partial charge in [-0.15, -0.1) is 0 Å². The zero-order valence-corrected chi connectivity index (χ0v) is 25.0. The fourth-order valence-corrected chi connectivity index (χ4v) is 12.7. The molecule has 9 atom stereocenters. The summed E-state index contributed by atoms with van der Waals surface area (Å²) in [5.74, 6) is 3.66. The second kappa shape index (κ2) is 8.94. The molecule has 0 radical (unpaired) electrons. The van der Waals surface area contributed by atoms with Crippen molar-refractivity contribution >= 4 is 0 Å². The average Bonchev–Trinajstić information content (AvgIpc) is 3.28. The van der Waals surface area contributed by atoms with Crippen LogP contribution in [0.25, 0.3) is 0 Å². The molecule has 4 fully saturated rings. The number of alkyl halides is 1. The van der Waals surface area contributed by atoms with E-state index in [-0.39, 0.29) is 18.0 Å². The summed E-state index contributed by atoms with van der Waals surface area (Å²) in [5, 5.41) is 4.07. The lowest BCUT2D eigenvalue weighted by atomic mass is 9.33. The molecule has 0 amide bonds. The third kappa shape index (κ3) is 3.55. The van der Waals surface area contributed by atoms with Gasteiger partial charge in [0.25, 0.3) is 0 Å². The number of hydrogen-bond donors (Lipinski definition) is 1. The number of fused-ring (bicyclic) bond motifs is 7. The normalized spacial score (nSPS) is 50.7. The molecule has 1 N–H and O–H groups in total. The minimum Gasteiger partial charge on any atom is -0.311 e. The highest BCUT2D eigenvalue weighted by atomic mass is 19.1. The van der Waals surface area contributed by atoms with Gasteiger partial charge in [-0.05, 0) is 146 Å².